The Bertz CT molecular complexity index is 1070. The highest BCUT2D eigenvalue weighted by atomic mass is 32.1. The smallest absolute Gasteiger partial charge is 0.249 e. The minimum Gasteiger partial charge on any atom is -0.350 e. The van der Waals surface area contributed by atoms with E-state index in [4.69, 9.17) is 0 Å². The van der Waals surface area contributed by atoms with E-state index >= 15 is 0 Å². The fourth-order valence-electron chi connectivity index (χ4n) is 3.29. The van der Waals surface area contributed by atoms with Gasteiger partial charge in [0.05, 0.1) is 12.3 Å². The van der Waals surface area contributed by atoms with Gasteiger partial charge < -0.3 is 5.32 Å². The van der Waals surface area contributed by atoms with Crippen molar-refractivity contribution in [2.75, 3.05) is 18.0 Å². The highest BCUT2D eigenvalue weighted by Crippen LogP contribution is 2.38. The fourth-order valence-corrected chi connectivity index (χ4v) is 5.11. The van der Waals surface area contributed by atoms with Crippen LogP contribution in [0.25, 0.3) is 0 Å². The second-order valence-electron chi connectivity index (χ2n) is 6.83. The molecule has 0 fully saturated rings. The Morgan fingerprint density at radius 3 is 2.69 bits per heavy atom. The summed E-state index contributed by atoms with van der Waals surface area (Å²) in [6, 6.07) is 13.8. The molecule has 4 rings (SSSR count). The van der Waals surface area contributed by atoms with E-state index < -0.39 is 0 Å². The number of fused-ring (bicyclic) bond motifs is 1. The Morgan fingerprint density at radius 2 is 1.97 bits per heavy atom. The number of benzene rings is 1. The van der Waals surface area contributed by atoms with Gasteiger partial charge in [-0.3, -0.25) is 19.5 Å². The van der Waals surface area contributed by atoms with Crippen LogP contribution in [0.1, 0.15) is 26.4 Å². The first-order valence-electron chi connectivity index (χ1n) is 9.34. The van der Waals surface area contributed by atoms with Crippen LogP contribution >= 0.6 is 22.7 Å². The molecule has 0 radical (unpaired) electrons. The third kappa shape index (κ3) is 4.02. The molecule has 0 aliphatic carbocycles. The first kappa shape index (κ1) is 19.5. The lowest BCUT2D eigenvalue weighted by Gasteiger charge is -2.20. The monoisotopic (exact) mass is 423 g/mol. The Labute approximate surface area is 177 Å². The quantitative estimate of drug-likeness (QED) is 0.676. The van der Waals surface area contributed by atoms with Crippen LogP contribution < -0.4 is 10.2 Å². The number of carbonyl (C=O) groups excluding carboxylic acids is 2. The van der Waals surface area contributed by atoms with Crippen molar-refractivity contribution in [1.29, 1.82) is 0 Å². The van der Waals surface area contributed by atoms with E-state index in [0.717, 1.165) is 37.2 Å². The molecule has 0 bridgehead atoms. The zero-order valence-corrected chi connectivity index (χ0v) is 17.9. The molecule has 7 heteroatoms. The molecule has 1 aliphatic rings. The van der Waals surface area contributed by atoms with E-state index in [1.807, 2.05) is 61.7 Å². The van der Waals surface area contributed by atoms with Crippen LogP contribution in [0.15, 0.2) is 52.8 Å². The topological polar surface area (TPSA) is 61.8 Å². The molecule has 2 amide bonds. The molecule has 29 heavy (non-hydrogen) atoms. The molecule has 0 saturated heterocycles. The van der Waals surface area contributed by atoms with Crippen molar-refractivity contribution in [3.63, 3.8) is 0 Å². The van der Waals surface area contributed by atoms with E-state index in [2.05, 4.69) is 10.3 Å². The molecular weight excluding hydrogens is 402 g/mol. The lowest BCUT2D eigenvalue weighted by molar-refractivity contribution is -0.123. The standard InChI is InChI=1S/C22H21N3O2S2/c1-14-15(2)29-22-20(14)21(16-7-4-3-5-8-16)24-12-19(27)25(22)13-18(26)23-11-17-9-6-10-28-17/h3-10H,11-13H2,1-2H3,(H,23,26). The van der Waals surface area contributed by atoms with E-state index in [0.29, 0.717) is 6.54 Å². The van der Waals surface area contributed by atoms with Gasteiger partial charge in [-0.05, 0) is 30.9 Å². The Kier molecular flexibility index (Phi) is 5.60. The van der Waals surface area contributed by atoms with Gasteiger partial charge in [0.25, 0.3) is 0 Å². The highest BCUT2D eigenvalue weighted by molar-refractivity contribution is 7.17. The fraction of sp³-hybridized carbons (Fsp3) is 0.227. The molecular formula is C22H21N3O2S2. The summed E-state index contributed by atoms with van der Waals surface area (Å²) in [5.74, 6) is -0.339. The molecule has 0 unspecified atom stereocenters. The molecule has 148 valence electrons. The van der Waals surface area contributed by atoms with Crippen molar-refractivity contribution in [3.05, 3.63) is 74.3 Å². The number of hydrogen-bond acceptors (Lipinski definition) is 5. The van der Waals surface area contributed by atoms with Crippen molar-refractivity contribution >= 4 is 45.2 Å². The molecule has 0 atom stereocenters. The average molecular weight is 424 g/mol. The van der Waals surface area contributed by atoms with Gasteiger partial charge in [-0.1, -0.05) is 36.4 Å². The summed E-state index contributed by atoms with van der Waals surface area (Å²) in [6.45, 7) is 4.58. The van der Waals surface area contributed by atoms with Crippen LogP contribution in [0, 0.1) is 13.8 Å². The summed E-state index contributed by atoms with van der Waals surface area (Å²) in [5.41, 5.74) is 3.85. The van der Waals surface area contributed by atoms with Crippen molar-refractivity contribution in [2.24, 2.45) is 4.99 Å². The number of rotatable bonds is 5. The number of thiophene rings is 2. The Morgan fingerprint density at radius 1 is 1.17 bits per heavy atom. The first-order valence-corrected chi connectivity index (χ1v) is 11.0. The summed E-state index contributed by atoms with van der Waals surface area (Å²) in [7, 11) is 0. The molecule has 0 spiro atoms. The van der Waals surface area contributed by atoms with Crippen LogP contribution in [-0.2, 0) is 16.1 Å². The number of amides is 2. The summed E-state index contributed by atoms with van der Waals surface area (Å²) >= 11 is 3.14. The van der Waals surface area contributed by atoms with Gasteiger partial charge in [0.2, 0.25) is 11.8 Å². The lowest BCUT2D eigenvalue weighted by atomic mass is 10.00. The first-order chi connectivity index (χ1) is 14.0. The second-order valence-corrected chi connectivity index (χ2v) is 9.07. The predicted molar refractivity (Wildman–Crippen MR) is 119 cm³/mol. The maximum absolute atomic E-state index is 12.9. The number of aliphatic imine (C=N–C) groups is 1. The van der Waals surface area contributed by atoms with Crippen LogP contribution in [0.3, 0.4) is 0 Å². The average Bonchev–Trinajstić information content (AvgIpc) is 3.32. The zero-order chi connectivity index (χ0) is 20.4. The predicted octanol–water partition coefficient (Wildman–Crippen LogP) is 3.93. The van der Waals surface area contributed by atoms with Crippen LogP contribution in [0.2, 0.25) is 0 Å². The maximum Gasteiger partial charge on any atom is 0.249 e. The third-order valence-electron chi connectivity index (χ3n) is 4.91. The highest BCUT2D eigenvalue weighted by Gasteiger charge is 2.30. The van der Waals surface area contributed by atoms with E-state index in [-0.39, 0.29) is 24.9 Å². The van der Waals surface area contributed by atoms with Gasteiger partial charge in [0.15, 0.2) is 0 Å². The number of aryl methyl sites for hydroxylation is 1. The van der Waals surface area contributed by atoms with Gasteiger partial charge >= 0.3 is 0 Å². The zero-order valence-electron chi connectivity index (χ0n) is 16.3. The Balaban J connectivity index is 1.64. The van der Waals surface area contributed by atoms with Crippen molar-refractivity contribution in [1.82, 2.24) is 5.32 Å². The third-order valence-corrected chi connectivity index (χ3v) is 7.02. The Hall–Kier alpha value is -2.77. The van der Waals surface area contributed by atoms with E-state index in [9.17, 15) is 9.59 Å². The minimum absolute atomic E-state index is 0.00576. The molecule has 2 aromatic heterocycles. The van der Waals surface area contributed by atoms with Gasteiger partial charge in [-0.15, -0.1) is 22.7 Å². The van der Waals surface area contributed by atoms with Crippen LogP contribution in [0.5, 0.6) is 0 Å². The largest absolute Gasteiger partial charge is 0.350 e. The SMILES string of the molecule is Cc1sc2c(c1C)C(c1ccccc1)=NCC(=O)N2CC(=O)NCc1cccs1. The van der Waals surface area contributed by atoms with Crippen molar-refractivity contribution in [2.45, 2.75) is 20.4 Å². The summed E-state index contributed by atoms with van der Waals surface area (Å²) < 4.78 is 0. The van der Waals surface area contributed by atoms with Crippen LogP contribution in [-0.4, -0.2) is 30.6 Å². The minimum atomic E-state index is -0.176. The summed E-state index contributed by atoms with van der Waals surface area (Å²) in [4.78, 5) is 33.9. The number of nitrogens with zero attached hydrogens (tertiary/aromatic N) is 2. The van der Waals surface area contributed by atoms with Gasteiger partial charge in [0.1, 0.15) is 18.1 Å². The van der Waals surface area contributed by atoms with Gasteiger partial charge in [-0.25, -0.2) is 0 Å². The molecule has 3 aromatic rings. The van der Waals surface area contributed by atoms with Crippen LogP contribution in [0.4, 0.5) is 5.00 Å². The number of carbonyl (C=O) groups is 2. The number of hydrogen-bond donors (Lipinski definition) is 1. The maximum atomic E-state index is 12.9. The van der Waals surface area contributed by atoms with E-state index in [1.165, 1.54) is 0 Å². The second kappa shape index (κ2) is 8.31. The van der Waals surface area contributed by atoms with E-state index in [1.54, 1.807) is 27.6 Å². The molecule has 1 N–H and O–H groups in total. The van der Waals surface area contributed by atoms with Crippen molar-refractivity contribution in [3.8, 4) is 0 Å². The van der Waals surface area contributed by atoms with Crippen molar-refractivity contribution < 1.29 is 9.59 Å². The molecule has 0 saturated carbocycles. The van der Waals surface area contributed by atoms with Gasteiger partial charge in [-0.2, -0.15) is 0 Å². The molecule has 1 aromatic carbocycles. The molecule has 1 aliphatic heterocycles. The number of anilines is 1. The summed E-state index contributed by atoms with van der Waals surface area (Å²) in [5, 5.41) is 5.69. The molecule has 5 nitrogen and oxygen atoms in total. The number of nitrogens with one attached hydrogen (secondary N) is 1. The normalized spacial score (nSPS) is 13.7. The summed E-state index contributed by atoms with van der Waals surface area (Å²) in [6.07, 6.45) is 0. The van der Waals surface area contributed by atoms with Gasteiger partial charge in [0, 0.05) is 20.9 Å². The molecule has 3 heterocycles. The lowest BCUT2D eigenvalue weighted by Crippen LogP contribution is -2.41.